The molecule has 0 spiro atoms. The van der Waals surface area contributed by atoms with E-state index in [4.69, 9.17) is 6.57 Å². The number of nitrogens with zero attached hydrogens (tertiary/aromatic N) is 5. The van der Waals surface area contributed by atoms with Crippen LogP contribution < -0.4 is 19.6 Å². The number of hydrogen-bond acceptors (Lipinski definition) is 4. The molecule has 5 rings (SSSR count). The van der Waals surface area contributed by atoms with Crippen LogP contribution in [0, 0.1) is 26.0 Å². The summed E-state index contributed by atoms with van der Waals surface area (Å²) < 4.78 is 0. The van der Waals surface area contributed by atoms with E-state index in [9.17, 15) is 0 Å². The van der Waals surface area contributed by atoms with Crippen molar-refractivity contribution in [1.82, 2.24) is 0 Å². The van der Waals surface area contributed by atoms with Crippen molar-refractivity contribution in [3.8, 4) is 0 Å². The van der Waals surface area contributed by atoms with Crippen molar-refractivity contribution >= 4 is 28.4 Å². The van der Waals surface area contributed by atoms with E-state index in [0.29, 0.717) is 18.8 Å². The third-order valence-corrected chi connectivity index (χ3v) is 5.54. The molecule has 0 fully saturated rings. The summed E-state index contributed by atoms with van der Waals surface area (Å²) in [7, 11) is 4.11. The first kappa shape index (κ1) is 21.2. The normalized spacial score (nSPS) is 14.2. The van der Waals surface area contributed by atoms with Crippen molar-refractivity contribution in [2.75, 3.05) is 33.7 Å². The van der Waals surface area contributed by atoms with Crippen LogP contribution >= 0.6 is 0 Å². The monoisotopic (exact) mass is 584 g/mol. The molecule has 0 atom stereocenters. The molecule has 0 aliphatic carbocycles. The number of hydrogen-bond donors (Lipinski definition) is 0. The van der Waals surface area contributed by atoms with Crippen molar-refractivity contribution in [2.24, 2.45) is 0 Å². The molecule has 3 aromatic rings. The summed E-state index contributed by atoms with van der Waals surface area (Å²) in [4.78, 5) is 12.4. The Bertz CT molecular complexity index is 1060. The number of para-hydroxylation sites is 4. The minimum Gasteiger partial charge on any atom is -0.504 e. The quantitative estimate of drug-likeness (QED) is 0.394. The molecule has 5 nitrogen and oxygen atoms in total. The molecule has 0 N–H and O–H groups in total. The molecule has 0 saturated carbocycles. The number of anilines is 4. The summed E-state index contributed by atoms with van der Waals surface area (Å²) in [6.45, 7) is 13.1. The van der Waals surface area contributed by atoms with Gasteiger partial charge in [0, 0.05) is 42.5 Å². The van der Waals surface area contributed by atoms with Crippen LogP contribution in [0.1, 0.15) is 11.1 Å². The zero-order chi connectivity index (χ0) is 20.7. The Labute approximate surface area is 197 Å². The van der Waals surface area contributed by atoms with Gasteiger partial charge in [0.1, 0.15) is 0 Å². The summed E-state index contributed by atoms with van der Waals surface area (Å²) in [5.74, 6) is 0. The number of rotatable bonds is 4. The van der Waals surface area contributed by atoms with Gasteiger partial charge in [0.25, 0.3) is 0 Å². The van der Waals surface area contributed by atoms with Gasteiger partial charge >= 0.3 is 0 Å². The SMILES string of the molecule is [C-]#[N+]c1cc(CN2[CH-]N(C)c3ccccc32)[c-]c(CN2[CH-]N(C)c3ccccc32)c1.[Os]. The molecule has 2 heterocycles. The van der Waals surface area contributed by atoms with Crippen LogP contribution in [0.3, 0.4) is 0 Å². The maximum absolute atomic E-state index is 7.56. The van der Waals surface area contributed by atoms with Crippen LogP contribution in [0.15, 0.2) is 60.7 Å². The fourth-order valence-electron chi connectivity index (χ4n) is 4.21. The van der Waals surface area contributed by atoms with Crippen molar-refractivity contribution in [3.05, 3.63) is 103 Å². The van der Waals surface area contributed by atoms with Gasteiger partial charge < -0.3 is 19.6 Å². The zero-order valence-electron chi connectivity index (χ0n) is 17.4. The van der Waals surface area contributed by atoms with Crippen LogP contribution in [-0.2, 0) is 32.9 Å². The molecule has 2 aliphatic heterocycles. The van der Waals surface area contributed by atoms with Gasteiger partial charge in [0.2, 0.25) is 0 Å². The van der Waals surface area contributed by atoms with Gasteiger partial charge in [0.05, 0.1) is 12.3 Å². The van der Waals surface area contributed by atoms with Gasteiger partial charge in [-0.25, -0.2) is 0 Å². The van der Waals surface area contributed by atoms with Crippen LogP contribution in [-0.4, -0.2) is 14.1 Å². The molecule has 6 heteroatoms. The molecule has 31 heavy (non-hydrogen) atoms. The van der Waals surface area contributed by atoms with E-state index >= 15 is 0 Å². The van der Waals surface area contributed by atoms with Crippen molar-refractivity contribution in [2.45, 2.75) is 13.1 Å². The predicted octanol–water partition coefficient (Wildman–Crippen LogP) is 5.19. The fourth-order valence-corrected chi connectivity index (χ4v) is 4.21. The second-order valence-electron chi connectivity index (χ2n) is 7.69. The van der Waals surface area contributed by atoms with Gasteiger partial charge in [-0.2, -0.15) is 42.7 Å². The number of fused-ring (bicyclic) bond motifs is 2. The smallest absolute Gasteiger partial charge is 0.0899 e. The van der Waals surface area contributed by atoms with E-state index < -0.39 is 0 Å². The van der Waals surface area contributed by atoms with Crippen molar-refractivity contribution in [1.29, 1.82) is 0 Å². The number of benzene rings is 3. The minimum absolute atomic E-state index is 0. The summed E-state index contributed by atoms with van der Waals surface area (Å²) in [6, 6.07) is 24.2. The van der Waals surface area contributed by atoms with E-state index in [1.54, 1.807) is 0 Å². The third-order valence-electron chi connectivity index (χ3n) is 5.54. The second kappa shape index (κ2) is 8.62. The standard InChI is InChI=1S/C25H22N5.Os/c1-26-21-13-19(15-29-17-27(2)22-8-4-6-10-24(22)29)12-20(14-21)16-30-18-28(3)23-9-5-7-11-25(23)30;/h4-11,13-14,17-18H,15-16H2,2-3H3;/q-3;. The zero-order valence-corrected chi connectivity index (χ0v) is 20.0. The first-order valence-electron chi connectivity index (χ1n) is 9.92. The van der Waals surface area contributed by atoms with Gasteiger partial charge in [-0.1, -0.05) is 24.3 Å². The molecule has 0 unspecified atom stereocenters. The van der Waals surface area contributed by atoms with E-state index in [1.807, 2.05) is 12.1 Å². The van der Waals surface area contributed by atoms with Gasteiger partial charge in [0.15, 0.2) is 0 Å². The van der Waals surface area contributed by atoms with E-state index in [-0.39, 0.29) is 19.8 Å². The van der Waals surface area contributed by atoms with Crippen LogP contribution in [0.25, 0.3) is 4.85 Å². The summed E-state index contributed by atoms with van der Waals surface area (Å²) in [5.41, 5.74) is 7.40. The molecule has 0 amide bonds. The maximum Gasteiger partial charge on any atom is 0.0899 e. The molecule has 2 aliphatic rings. The first-order chi connectivity index (χ1) is 14.6. The Morgan fingerprint density at radius 1 is 0.774 bits per heavy atom. The molecule has 0 radical (unpaired) electrons. The third kappa shape index (κ3) is 3.99. The minimum atomic E-state index is 0. The van der Waals surface area contributed by atoms with Crippen LogP contribution in [0.4, 0.5) is 28.4 Å². The fraction of sp³-hybridized carbons (Fsp3) is 0.160. The Hall–Kier alpha value is -3.01. The molecule has 158 valence electrons. The predicted molar refractivity (Wildman–Crippen MR) is 122 cm³/mol. The second-order valence-corrected chi connectivity index (χ2v) is 7.69. The van der Waals surface area contributed by atoms with Crippen molar-refractivity contribution < 1.29 is 19.8 Å². The summed E-state index contributed by atoms with van der Waals surface area (Å²) in [5, 5.41) is 0. The van der Waals surface area contributed by atoms with Gasteiger partial charge in [-0.15, -0.1) is 0 Å². The van der Waals surface area contributed by atoms with Crippen molar-refractivity contribution in [3.63, 3.8) is 0 Å². The molecular weight excluding hydrogens is 561 g/mol. The topological polar surface area (TPSA) is 17.3 Å². The van der Waals surface area contributed by atoms with Gasteiger partial charge in [-0.05, 0) is 51.5 Å². The van der Waals surface area contributed by atoms with Crippen LogP contribution in [0.2, 0.25) is 0 Å². The molecular formula is C25H22N5Os-3. The summed E-state index contributed by atoms with van der Waals surface area (Å²) >= 11 is 0. The molecule has 0 aromatic heterocycles. The maximum atomic E-state index is 7.56. The molecule has 0 saturated heterocycles. The summed E-state index contributed by atoms with van der Waals surface area (Å²) in [6.07, 6.45) is 0. The first-order valence-corrected chi connectivity index (χ1v) is 9.92. The molecule has 0 bridgehead atoms. The Kier molecular flexibility index (Phi) is 5.90. The Balaban J connectivity index is 0.00000231. The molecule has 3 aromatic carbocycles. The largest absolute Gasteiger partial charge is 0.504 e. The Morgan fingerprint density at radius 2 is 1.19 bits per heavy atom. The van der Waals surface area contributed by atoms with E-state index in [1.165, 1.54) is 22.7 Å². The average Bonchev–Trinajstić information content (AvgIpc) is 3.25. The van der Waals surface area contributed by atoms with E-state index in [0.717, 1.165) is 11.1 Å². The van der Waals surface area contributed by atoms with Gasteiger partial charge in [-0.3, -0.25) is 4.85 Å². The van der Waals surface area contributed by atoms with Crippen LogP contribution in [0.5, 0.6) is 0 Å². The average molecular weight is 583 g/mol. The van der Waals surface area contributed by atoms with E-state index in [2.05, 4.69) is 106 Å². The Morgan fingerprint density at radius 3 is 1.61 bits per heavy atom.